The Morgan fingerprint density at radius 1 is 1.25 bits per heavy atom. The molecule has 1 aliphatic rings. The molecule has 0 aromatic heterocycles. The first-order chi connectivity index (χ1) is 9.78. The average Bonchev–Trinajstić information content (AvgIpc) is 2.48. The molecule has 0 fully saturated rings. The maximum Gasteiger partial charge on any atom is 0.251 e. The van der Waals surface area contributed by atoms with Crippen molar-refractivity contribution in [2.45, 2.75) is 12.3 Å². The van der Waals surface area contributed by atoms with Crippen molar-refractivity contribution in [3.63, 3.8) is 0 Å². The van der Waals surface area contributed by atoms with Crippen molar-refractivity contribution in [1.82, 2.24) is 5.32 Å². The van der Waals surface area contributed by atoms with Crippen LogP contribution in [0.5, 0.6) is 0 Å². The molecule has 0 spiro atoms. The Morgan fingerprint density at radius 2 is 2.10 bits per heavy atom. The average molecular weight is 262 g/mol. The van der Waals surface area contributed by atoms with Gasteiger partial charge in [-0.2, -0.15) is 5.26 Å². The molecular formula is C17H14N2O. The predicted octanol–water partition coefficient (Wildman–Crippen LogP) is 2.63. The van der Waals surface area contributed by atoms with Crippen molar-refractivity contribution in [3.8, 4) is 6.07 Å². The van der Waals surface area contributed by atoms with E-state index in [1.54, 1.807) is 24.3 Å². The molecule has 0 saturated heterocycles. The number of nitriles is 1. The highest BCUT2D eigenvalue weighted by Crippen LogP contribution is 2.33. The highest BCUT2D eigenvalue weighted by molar-refractivity contribution is 5.94. The van der Waals surface area contributed by atoms with E-state index in [-0.39, 0.29) is 5.91 Å². The third-order valence-corrected chi connectivity index (χ3v) is 3.72. The highest BCUT2D eigenvalue weighted by Gasteiger charge is 2.25. The van der Waals surface area contributed by atoms with Crippen LogP contribution in [0.15, 0.2) is 48.5 Å². The summed E-state index contributed by atoms with van der Waals surface area (Å²) in [5.74, 6) is 0.292. The molecular weight excluding hydrogens is 248 g/mol. The Labute approximate surface area is 117 Å². The molecule has 3 heteroatoms. The van der Waals surface area contributed by atoms with Gasteiger partial charge < -0.3 is 5.32 Å². The van der Waals surface area contributed by atoms with Gasteiger partial charge in [0.2, 0.25) is 0 Å². The van der Waals surface area contributed by atoms with Crippen LogP contribution in [0.25, 0.3) is 0 Å². The van der Waals surface area contributed by atoms with Crippen LogP contribution < -0.4 is 5.32 Å². The van der Waals surface area contributed by atoms with E-state index in [2.05, 4.69) is 17.4 Å². The quantitative estimate of drug-likeness (QED) is 0.924. The number of carbonyl (C=O) groups is 1. The summed E-state index contributed by atoms with van der Waals surface area (Å²) in [6.07, 6.45) is 1.02. The number of nitrogens with zero attached hydrogens (tertiary/aromatic N) is 1. The molecule has 3 rings (SSSR count). The molecule has 1 aliphatic carbocycles. The zero-order chi connectivity index (χ0) is 13.9. The summed E-state index contributed by atoms with van der Waals surface area (Å²) in [7, 11) is 0. The second-order valence-corrected chi connectivity index (χ2v) is 5.00. The van der Waals surface area contributed by atoms with E-state index >= 15 is 0 Å². The van der Waals surface area contributed by atoms with Gasteiger partial charge in [-0.15, -0.1) is 0 Å². The largest absolute Gasteiger partial charge is 0.351 e. The third kappa shape index (κ3) is 2.28. The van der Waals surface area contributed by atoms with E-state index in [0.717, 1.165) is 6.42 Å². The van der Waals surface area contributed by atoms with E-state index < -0.39 is 0 Å². The van der Waals surface area contributed by atoms with Crippen LogP contribution >= 0.6 is 0 Å². The van der Waals surface area contributed by atoms with Crippen molar-refractivity contribution < 1.29 is 4.79 Å². The molecule has 0 bridgehead atoms. The Hall–Kier alpha value is -2.60. The first-order valence-electron chi connectivity index (χ1n) is 6.64. The van der Waals surface area contributed by atoms with Gasteiger partial charge in [-0.1, -0.05) is 30.3 Å². The molecule has 0 radical (unpaired) electrons. The molecule has 1 atom stereocenters. The number of benzene rings is 2. The predicted molar refractivity (Wildman–Crippen MR) is 76.4 cm³/mol. The standard InChI is InChI=1S/C17H14N2O/c18-10-12-4-3-6-14(8-12)17(20)19-11-15-9-13-5-1-2-7-16(13)15/h1-8,15H,9,11H2,(H,19,20). The minimum atomic E-state index is -0.119. The number of nitrogens with one attached hydrogen (secondary N) is 1. The van der Waals surface area contributed by atoms with Gasteiger partial charge in [-0.3, -0.25) is 4.79 Å². The van der Waals surface area contributed by atoms with Crippen LogP contribution in [0.1, 0.15) is 33.0 Å². The molecule has 1 N–H and O–H groups in total. The molecule has 98 valence electrons. The van der Waals surface area contributed by atoms with Gasteiger partial charge in [0, 0.05) is 18.0 Å². The Balaban J connectivity index is 1.62. The van der Waals surface area contributed by atoms with Crippen molar-refractivity contribution in [3.05, 3.63) is 70.8 Å². The smallest absolute Gasteiger partial charge is 0.251 e. The lowest BCUT2D eigenvalue weighted by molar-refractivity contribution is 0.0950. The Bertz CT molecular complexity index is 700. The molecule has 2 aromatic rings. The Kier molecular flexibility index (Phi) is 3.22. The van der Waals surface area contributed by atoms with E-state index in [1.807, 2.05) is 18.2 Å². The lowest BCUT2D eigenvalue weighted by Gasteiger charge is -2.30. The topological polar surface area (TPSA) is 52.9 Å². The SMILES string of the molecule is N#Cc1cccc(C(=O)NCC2Cc3ccccc32)c1. The summed E-state index contributed by atoms with van der Waals surface area (Å²) < 4.78 is 0. The summed E-state index contributed by atoms with van der Waals surface area (Å²) >= 11 is 0. The van der Waals surface area contributed by atoms with E-state index in [9.17, 15) is 4.79 Å². The van der Waals surface area contributed by atoms with Gasteiger partial charge in [0.15, 0.2) is 0 Å². The van der Waals surface area contributed by atoms with Gasteiger partial charge in [-0.05, 0) is 35.7 Å². The van der Waals surface area contributed by atoms with Gasteiger partial charge in [0.25, 0.3) is 5.91 Å². The molecule has 0 saturated carbocycles. The summed E-state index contributed by atoms with van der Waals surface area (Å²) in [6, 6.07) is 17.1. The maximum absolute atomic E-state index is 12.0. The number of rotatable bonds is 3. The molecule has 1 amide bonds. The number of fused-ring (bicyclic) bond motifs is 1. The molecule has 0 heterocycles. The zero-order valence-corrected chi connectivity index (χ0v) is 11.0. The number of hydrogen-bond donors (Lipinski definition) is 1. The second-order valence-electron chi connectivity index (χ2n) is 5.00. The maximum atomic E-state index is 12.0. The van der Waals surface area contributed by atoms with Crippen molar-refractivity contribution in [2.24, 2.45) is 0 Å². The fourth-order valence-electron chi connectivity index (χ4n) is 2.59. The van der Waals surface area contributed by atoms with Gasteiger partial charge in [0.1, 0.15) is 0 Å². The van der Waals surface area contributed by atoms with E-state index in [4.69, 9.17) is 5.26 Å². The van der Waals surface area contributed by atoms with E-state index in [1.165, 1.54) is 11.1 Å². The van der Waals surface area contributed by atoms with Crippen LogP contribution in [-0.4, -0.2) is 12.5 Å². The lowest BCUT2D eigenvalue weighted by Crippen LogP contribution is -2.33. The molecule has 0 aliphatic heterocycles. The fraction of sp³-hybridized carbons (Fsp3) is 0.176. The first kappa shape index (κ1) is 12.4. The van der Waals surface area contributed by atoms with Crippen molar-refractivity contribution >= 4 is 5.91 Å². The van der Waals surface area contributed by atoms with Crippen LogP contribution in [0, 0.1) is 11.3 Å². The number of hydrogen-bond acceptors (Lipinski definition) is 2. The minimum absolute atomic E-state index is 0.119. The summed E-state index contributed by atoms with van der Waals surface area (Å²) in [4.78, 5) is 12.0. The van der Waals surface area contributed by atoms with Gasteiger partial charge in [-0.25, -0.2) is 0 Å². The van der Waals surface area contributed by atoms with Crippen LogP contribution in [0.3, 0.4) is 0 Å². The third-order valence-electron chi connectivity index (χ3n) is 3.72. The molecule has 20 heavy (non-hydrogen) atoms. The molecule has 1 unspecified atom stereocenters. The van der Waals surface area contributed by atoms with Crippen LogP contribution in [0.2, 0.25) is 0 Å². The second kappa shape index (κ2) is 5.18. The van der Waals surface area contributed by atoms with Gasteiger partial charge in [0.05, 0.1) is 11.6 Å². The lowest BCUT2D eigenvalue weighted by atomic mass is 9.77. The van der Waals surface area contributed by atoms with E-state index in [0.29, 0.717) is 23.6 Å². The monoisotopic (exact) mass is 262 g/mol. The number of carbonyl (C=O) groups excluding carboxylic acids is 1. The first-order valence-corrected chi connectivity index (χ1v) is 6.64. The minimum Gasteiger partial charge on any atom is -0.351 e. The number of amides is 1. The zero-order valence-electron chi connectivity index (χ0n) is 11.0. The van der Waals surface area contributed by atoms with Crippen molar-refractivity contribution in [2.75, 3.05) is 6.54 Å². The molecule has 3 nitrogen and oxygen atoms in total. The summed E-state index contributed by atoms with van der Waals surface area (Å²) in [5.41, 5.74) is 3.75. The Morgan fingerprint density at radius 3 is 2.90 bits per heavy atom. The summed E-state index contributed by atoms with van der Waals surface area (Å²) in [6.45, 7) is 0.645. The normalized spacial score (nSPS) is 15.7. The molecule has 2 aromatic carbocycles. The van der Waals surface area contributed by atoms with Crippen LogP contribution in [0.4, 0.5) is 0 Å². The van der Waals surface area contributed by atoms with Gasteiger partial charge >= 0.3 is 0 Å². The highest BCUT2D eigenvalue weighted by atomic mass is 16.1. The van der Waals surface area contributed by atoms with Crippen LogP contribution in [-0.2, 0) is 6.42 Å². The van der Waals surface area contributed by atoms with Crippen molar-refractivity contribution in [1.29, 1.82) is 5.26 Å². The summed E-state index contributed by atoms with van der Waals surface area (Å²) in [5, 5.41) is 11.8. The fourth-order valence-corrected chi connectivity index (χ4v) is 2.59.